The molecule has 0 saturated heterocycles. The van der Waals surface area contributed by atoms with Crippen molar-refractivity contribution in [3.8, 4) is 0 Å². The number of likely N-dealkylation sites (N-methyl/N-ethyl adjacent to an activating group) is 1. The number of aryl methyl sites for hydroxylation is 1. The SMILES string of the molecule is Cc1ccccc1CCNC(=O)CN(C)c1ccccc1. The van der Waals surface area contributed by atoms with Gasteiger partial charge in [0.25, 0.3) is 0 Å². The van der Waals surface area contributed by atoms with Gasteiger partial charge in [0.2, 0.25) is 5.91 Å². The zero-order chi connectivity index (χ0) is 15.1. The van der Waals surface area contributed by atoms with Crippen LogP contribution in [0.3, 0.4) is 0 Å². The lowest BCUT2D eigenvalue weighted by molar-refractivity contribution is -0.119. The molecule has 0 fully saturated rings. The summed E-state index contributed by atoms with van der Waals surface area (Å²) in [6.07, 6.45) is 0.869. The molecule has 0 spiro atoms. The van der Waals surface area contributed by atoms with Gasteiger partial charge in [0.1, 0.15) is 0 Å². The van der Waals surface area contributed by atoms with Crippen molar-refractivity contribution in [1.82, 2.24) is 5.32 Å². The molecule has 0 aliphatic rings. The molecule has 3 nitrogen and oxygen atoms in total. The highest BCUT2D eigenvalue weighted by molar-refractivity contribution is 5.81. The third-order valence-corrected chi connectivity index (χ3v) is 3.56. The van der Waals surface area contributed by atoms with Crippen LogP contribution in [0.15, 0.2) is 54.6 Å². The van der Waals surface area contributed by atoms with E-state index in [1.807, 2.05) is 54.4 Å². The van der Waals surface area contributed by atoms with Crippen LogP contribution in [-0.4, -0.2) is 26.0 Å². The van der Waals surface area contributed by atoms with Gasteiger partial charge in [-0.3, -0.25) is 4.79 Å². The molecule has 0 heterocycles. The Labute approximate surface area is 126 Å². The van der Waals surface area contributed by atoms with Crippen LogP contribution in [-0.2, 0) is 11.2 Å². The van der Waals surface area contributed by atoms with Crippen molar-refractivity contribution in [3.05, 3.63) is 65.7 Å². The molecule has 2 rings (SSSR count). The molecule has 0 atom stereocenters. The second-order valence-electron chi connectivity index (χ2n) is 5.22. The number of rotatable bonds is 6. The largest absolute Gasteiger partial charge is 0.365 e. The normalized spacial score (nSPS) is 10.2. The minimum absolute atomic E-state index is 0.0509. The Balaban J connectivity index is 1.76. The predicted octanol–water partition coefficient (Wildman–Crippen LogP) is 2.79. The molecule has 21 heavy (non-hydrogen) atoms. The van der Waals surface area contributed by atoms with E-state index in [1.165, 1.54) is 11.1 Å². The Hall–Kier alpha value is -2.29. The fourth-order valence-electron chi connectivity index (χ4n) is 2.27. The molecule has 2 aromatic rings. The smallest absolute Gasteiger partial charge is 0.239 e. The number of amides is 1. The maximum absolute atomic E-state index is 11.9. The Kier molecular flexibility index (Phi) is 5.38. The summed E-state index contributed by atoms with van der Waals surface area (Å²) in [5, 5.41) is 2.98. The number of carbonyl (C=O) groups excluding carboxylic acids is 1. The second kappa shape index (κ2) is 7.48. The van der Waals surface area contributed by atoms with E-state index in [1.54, 1.807) is 0 Å². The minimum atomic E-state index is 0.0509. The quantitative estimate of drug-likeness (QED) is 0.883. The number of hydrogen-bond donors (Lipinski definition) is 1. The van der Waals surface area contributed by atoms with Gasteiger partial charge in [0.05, 0.1) is 6.54 Å². The van der Waals surface area contributed by atoms with Crippen molar-refractivity contribution >= 4 is 11.6 Å². The van der Waals surface area contributed by atoms with E-state index in [0.717, 1.165) is 12.1 Å². The van der Waals surface area contributed by atoms with E-state index in [0.29, 0.717) is 13.1 Å². The van der Waals surface area contributed by atoms with Crippen LogP contribution in [0.2, 0.25) is 0 Å². The number of hydrogen-bond acceptors (Lipinski definition) is 2. The van der Waals surface area contributed by atoms with Gasteiger partial charge >= 0.3 is 0 Å². The number of anilines is 1. The van der Waals surface area contributed by atoms with Gasteiger partial charge in [-0.05, 0) is 36.6 Å². The highest BCUT2D eigenvalue weighted by Crippen LogP contribution is 2.10. The summed E-state index contributed by atoms with van der Waals surface area (Å²) >= 11 is 0. The van der Waals surface area contributed by atoms with Gasteiger partial charge in [0.15, 0.2) is 0 Å². The monoisotopic (exact) mass is 282 g/mol. The molecule has 110 valence electrons. The zero-order valence-corrected chi connectivity index (χ0v) is 12.7. The van der Waals surface area contributed by atoms with E-state index in [4.69, 9.17) is 0 Å². The molecular weight excluding hydrogens is 260 g/mol. The van der Waals surface area contributed by atoms with E-state index in [9.17, 15) is 4.79 Å². The molecule has 3 heteroatoms. The number of para-hydroxylation sites is 1. The minimum Gasteiger partial charge on any atom is -0.365 e. The first-order valence-electron chi connectivity index (χ1n) is 7.24. The third-order valence-electron chi connectivity index (χ3n) is 3.56. The first-order valence-corrected chi connectivity index (χ1v) is 7.24. The van der Waals surface area contributed by atoms with Crippen LogP contribution < -0.4 is 10.2 Å². The lowest BCUT2D eigenvalue weighted by atomic mass is 10.1. The average Bonchev–Trinajstić information content (AvgIpc) is 2.50. The van der Waals surface area contributed by atoms with Crippen LogP contribution in [0.25, 0.3) is 0 Å². The van der Waals surface area contributed by atoms with E-state index in [2.05, 4.69) is 24.4 Å². The number of carbonyl (C=O) groups is 1. The summed E-state index contributed by atoms with van der Waals surface area (Å²) in [5.74, 6) is 0.0509. The van der Waals surface area contributed by atoms with Crippen molar-refractivity contribution < 1.29 is 4.79 Å². The summed E-state index contributed by atoms with van der Waals surface area (Å²) in [4.78, 5) is 13.9. The standard InChI is InChI=1S/C18H22N2O/c1-15-8-6-7-9-16(15)12-13-19-18(21)14-20(2)17-10-4-3-5-11-17/h3-11H,12-14H2,1-2H3,(H,19,21). The van der Waals surface area contributed by atoms with Gasteiger partial charge in [-0.15, -0.1) is 0 Å². The van der Waals surface area contributed by atoms with Crippen LogP contribution in [0, 0.1) is 6.92 Å². The third kappa shape index (κ3) is 4.63. The summed E-state index contributed by atoms with van der Waals surface area (Å²) < 4.78 is 0. The van der Waals surface area contributed by atoms with Gasteiger partial charge in [-0.2, -0.15) is 0 Å². The number of nitrogens with zero attached hydrogens (tertiary/aromatic N) is 1. The fourth-order valence-corrected chi connectivity index (χ4v) is 2.27. The molecule has 0 saturated carbocycles. The molecule has 2 aromatic carbocycles. The van der Waals surface area contributed by atoms with Gasteiger partial charge in [-0.1, -0.05) is 42.5 Å². The average molecular weight is 282 g/mol. The molecule has 0 radical (unpaired) electrons. The molecule has 1 N–H and O–H groups in total. The fraction of sp³-hybridized carbons (Fsp3) is 0.278. The molecule has 0 unspecified atom stereocenters. The van der Waals surface area contributed by atoms with Gasteiger partial charge in [-0.25, -0.2) is 0 Å². The Morgan fingerprint density at radius 2 is 1.71 bits per heavy atom. The van der Waals surface area contributed by atoms with Crippen molar-refractivity contribution in [2.24, 2.45) is 0 Å². The molecule has 0 aromatic heterocycles. The molecule has 1 amide bonds. The molecule has 0 aliphatic heterocycles. The van der Waals surface area contributed by atoms with Crippen LogP contribution >= 0.6 is 0 Å². The lowest BCUT2D eigenvalue weighted by Gasteiger charge is -2.18. The first kappa shape index (κ1) is 15.1. The van der Waals surface area contributed by atoms with Crippen LogP contribution in [0.5, 0.6) is 0 Å². The first-order chi connectivity index (χ1) is 10.2. The predicted molar refractivity (Wildman–Crippen MR) is 87.6 cm³/mol. The Bertz CT molecular complexity index is 581. The lowest BCUT2D eigenvalue weighted by Crippen LogP contribution is -2.36. The molecule has 0 bridgehead atoms. The summed E-state index contributed by atoms with van der Waals surface area (Å²) in [5.41, 5.74) is 3.61. The maximum Gasteiger partial charge on any atom is 0.239 e. The summed E-state index contributed by atoms with van der Waals surface area (Å²) in [7, 11) is 1.93. The maximum atomic E-state index is 11.9. The van der Waals surface area contributed by atoms with E-state index < -0.39 is 0 Å². The van der Waals surface area contributed by atoms with Crippen LogP contribution in [0.1, 0.15) is 11.1 Å². The van der Waals surface area contributed by atoms with Gasteiger partial charge in [0, 0.05) is 19.3 Å². The highest BCUT2D eigenvalue weighted by atomic mass is 16.2. The number of benzene rings is 2. The van der Waals surface area contributed by atoms with Crippen molar-refractivity contribution in [2.75, 3.05) is 25.0 Å². The van der Waals surface area contributed by atoms with E-state index in [-0.39, 0.29) is 5.91 Å². The Morgan fingerprint density at radius 1 is 1.05 bits per heavy atom. The molecular formula is C18H22N2O. The highest BCUT2D eigenvalue weighted by Gasteiger charge is 2.06. The summed E-state index contributed by atoms with van der Waals surface area (Å²) in [6.45, 7) is 3.14. The topological polar surface area (TPSA) is 32.3 Å². The van der Waals surface area contributed by atoms with Crippen molar-refractivity contribution in [2.45, 2.75) is 13.3 Å². The van der Waals surface area contributed by atoms with E-state index >= 15 is 0 Å². The summed E-state index contributed by atoms with van der Waals surface area (Å²) in [6, 6.07) is 18.2. The number of nitrogens with one attached hydrogen (secondary N) is 1. The van der Waals surface area contributed by atoms with Crippen molar-refractivity contribution in [3.63, 3.8) is 0 Å². The molecule has 0 aliphatic carbocycles. The van der Waals surface area contributed by atoms with Crippen molar-refractivity contribution in [1.29, 1.82) is 0 Å². The van der Waals surface area contributed by atoms with Gasteiger partial charge < -0.3 is 10.2 Å². The second-order valence-corrected chi connectivity index (χ2v) is 5.22. The van der Waals surface area contributed by atoms with Crippen LogP contribution in [0.4, 0.5) is 5.69 Å². The zero-order valence-electron chi connectivity index (χ0n) is 12.7. The Morgan fingerprint density at radius 3 is 2.43 bits per heavy atom.